The monoisotopic (exact) mass is 364 g/mol. The van der Waals surface area contributed by atoms with E-state index < -0.39 is 0 Å². The van der Waals surface area contributed by atoms with Gasteiger partial charge in [-0.1, -0.05) is 24.3 Å². The van der Waals surface area contributed by atoms with Crippen LogP contribution in [0.1, 0.15) is 32.6 Å². The van der Waals surface area contributed by atoms with E-state index in [0.717, 1.165) is 27.6 Å². The van der Waals surface area contributed by atoms with Gasteiger partial charge in [0.05, 0.1) is 0 Å². The molecule has 1 N–H and O–H groups in total. The van der Waals surface area contributed by atoms with Crippen LogP contribution in [-0.4, -0.2) is 24.9 Å². The van der Waals surface area contributed by atoms with Gasteiger partial charge in [-0.15, -0.1) is 0 Å². The molecule has 0 aliphatic heterocycles. The third-order valence-corrected chi connectivity index (χ3v) is 4.85. The van der Waals surface area contributed by atoms with Gasteiger partial charge in [-0.05, 0) is 55.3 Å². The first kappa shape index (κ1) is 18.9. The molecule has 140 valence electrons. The minimum absolute atomic E-state index is 0.0944. The summed E-state index contributed by atoms with van der Waals surface area (Å²) in [4.78, 5) is 25.8. The van der Waals surface area contributed by atoms with E-state index in [9.17, 15) is 9.59 Å². The SMILES string of the molecule is CNC(=O)c1ccc(CN(C)Cc2cc(=O)oc3c(C)c(C)ccc23)cc1. The maximum absolute atomic E-state index is 12.0. The molecule has 1 amide bonds. The van der Waals surface area contributed by atoms with Gasteiger partial charge in [0.15, 0.2) is 0 Å². The number of nitrogens with zero attached hydrogens (tertiary/aromatic N) is 1. The van der Waals surface area contributed by atoms with E-state index in [4.69, 9.17) is 4.42 Å². The second kappa shape index (κ2) is 7.76. The zero-order chi connectivity index (χ0) is 19.6. The highest BCUT2D eigenvalue weighted by Gasteiger charge is 2.12. The molecule has 0 atom stereocenters. The van der Waals surface area contributed by atoms with Crippen molar-refractivity contribution in [3.8, 4) is 0 Å². The number of amides is 1. The lowest BCUT2D eigenvalue weighted by atomic mass is 10.0. The van der Waals surface area contributed by atoms with Gasteiger partial charge in [0.25, 0.3) is 5.91 Å². The average molecular weight is 364 g/mol. The predicted octanol–water partition coefficient (Wildman–Crippen LogP) is 3.40. The normalized spacial score (nSPS) is 11.1. The van der Waals surface area contributed by atoms with Crippen molar-refractivity contribution in [1.29, 1.82) is 0 Å². The van der Waals surface area contributed by atoms with Crippen molar-refractivity contribution in [3.63, 3.8) is 0 Å². The molecule has 0 radical (unpaired) electrons. The molecule has 0 unspecified atom stereocenters. The Morgan fingerprint density at radius 1 is 1.07 bits per heavy atom. The standard InChI is InChI=1S/C22H24N2O3/c1-14-5-10-19-18(11-20(25)27-21(19)15(14)2)13-24(4)12-16-6-8-17(9-7-16)22(26)23-3/h5-11H,12-13H2,1-4H3,(H,23,26). The highest BCUT2D eigenvalue weighted by molar-refractivity contribution is 5.93. The van der Waals surface area contributed by atoms with Gasteiger partial charge in [-0.25, -0.2) is 4.79 Å². The molecule has 3 aromatic rings. The Morgan fingerprint density at radius 3 is 2.44 bits per heavy atom. The summed E-state index contributed by atoms with van der Waals surface area (Å²) in [6.45, 7) is 5.32. The molecule has 0 fully saturated rings. The van der Waals surface area contributed by atoms with E-state index in [1.54, 1.807) is 13.1 Å². The molecule has 5 heteroatoms. The molecule has 5 nitrogen and oxygen atoms in total. The van der Waals surface area contributed by atoms with Crippen LogP contribution in [0, 0.1) is 13.8 Å². The molecule has 0 aliphatic carbocycles. The average Bonchev–Trinajstić information content (AvgIpc) is 2.65. The van der Waals surface area contributed by atoms with Crippen molar-refractivity contribution < 1.29 is 9.21 Å². The fourth-order valence-electron chi connectivity index (χ4n) is 3.22. The number of nitrogens with one attached hydrogen (secondary N) is 1. The Balaban J connectivity index is 1.82. The molecular weight excluding hydrogens is 340 g/mol. The summed E-state index contributed by atoms with van der Waals surface area (Å²) in [6, 6.07) is 13.2. The van der Waals surface area contributed by atoms with Crippen LogP contribution < -0.4 is 10.9 Å². The Morgan fingerprint density at radius 2 is 1.78 bits per heavy atom. The van der Waals surface area contributed by atoms with Crippen LogP contribution in [0.25, 0.3) is 11.0 Å². The third-order valence-electron chi connectivity index (χ3n) is 4.85. The van der Waals surface area contributed by atoms with Crippen molar-refractivity contribution in [3.05, 3.63) is 80.7 Å². The number of benzene rings is 2. The maximum atomic E-state index is 12.0. The highest BCUT2D eigenvalue weighted by atomic mass is 16.4. The summed E-state index contributed by atoms with van der Waals surface area (Å²) in [5, 5.41) is 3.59. The van der Waals surface area contributed by atoms with Crippen molar-refractivity contribution in [2.45, 2.75) is 26.9 Å². The lowest BCUT2D eigenvalue weighted by molar-refractivity contribution is 0.0963. The molecule has 0 saturated carbocycles. The maximum Gasteiger partial charge on any atom is 0.336 e. The topological polar surface area (TPSA) is 62.6 Å². The Bertz CT molecular complexity index is 1040. The van der Waals surface area contributed by atoms with Crippen LogP contribution in [-0.2, 0) is 13.1 Å². The fourth-order valence-corrected chi connectivity index (χ4v) is 3.22. The van der Waals surface area contributed by atoms with E-state index >= 15 is 0 Å². The van der Waals surface area contributed by atoms with E-state index in [2.05, 4.69) is 16.3 Å². The van der Waals surface area contributed by atoms with Crippen LogP contribution in [0.3, 0.4) is 0 Å². The molecule has 0 bridgehead atoms. The van der Waals surface area contributed by atoms with Crippen LogP contribution in [0.15, 0.2) is 51.7 Å². The molecule has 27 heavy (non-hydrogen) atoms. The second-order valence-electron chi connectivity index (χ2n) is 6.92. The smallest absolute Gasteiger partial charge is 0.336 e. The Hall–Kier alpha value is -2.92. The summed E-state index contributed by atoms with van der Waals surface area (Å²) in [6.07, 6.45) is 0. The van der Waals surface area contributed by atoms with Crippen LogP contribution >= 0.6 is 0 Å². The molecule has 3 rings (SSSR count). The lowest BCUT2D eigenvalue weighted by Crippen LogP contribution is -2.19. The zero-order valence-electron chi connectivity index (χ0n) is 16.1. The minimum Gasteiger partial charge on any atom is -0.422 e. The van der Waals surface area contributed by atoms with E-state index in [1.807, 2.05) is 51.2 Å². The van der Waals surface area contributed by atoms with Gasteiger partial charge < -0.3 is 9.73 Å². The number of hydrogen-bond donors (Lipinski definition) is 1. The fraction of sp³-hybridized carbons (Fsp3) is 0.273. The quantitative estimate of drug-likeness (QED) is 0.705. The summed E-state index contributed by atoms with van der Waals surface area (Å²) in [7, 11) is 3.63. The molecule has 1 aromatic heterocycles. The number of rotatable bonds is 5. The Kier molecular flexibility index (Phi) is 5.42. The number of fused-ring (bicyclic) bond motifs is 1. The predicted molar refractivity (Wildman–Crippen MR) is 107 cm³/mol. The van der Waals surface area contributed by atoms with E-state index in [-0.39, 0.29) is 11.5 Å². The van der Waals surface area contributed by atoms with Crippen LogP contribution in [0.4, 0.5) is 0 Å². The highest BCUT2D eigenvalue weighted by Crippen LogP contribution is 2.24. The van der Waals surface area contributed by atoms with Gasteiger partial charge in [0.1, 0.15) is 5.58 Å². The van der Waals surface area contributed by atoms with Crippen LogP contribution in [0.2, 0.25) is 0 Å². The van der Waals surface area contributed by atoms with E-state index in [0.29, 0.717) is 24.2 Å². The van der Waals surface area contributed by atoms with Crippen molar-refractivity contribution in [2.75, 3.05) is 14.1 Å². The summed E-state index contributed by atoms with van der Waals surface area (Å²) in [5.74, 6) is -0.0944. The van der Waals surface area contributed by atoms with Gasteiger partial charge in [0.2, 0.25) is 0 Å². The molecule has 0 aliphatic rings. The molecule has 0 spiro atoms. The van der Waals surface area contributed by atoms with Crippen LogP contribution in [0.5, 0.6) is 0 Å². The first-order chi connectivity index (χ1) is 12.9. The minimum atomic E-state index is -0.325. The number of hydrogen-bond acceptors (Lipinski definition) is 4. The molecule has 2 aromatic carbocycles. The molecule has 1 heterocycles. The lowest BCUT2D eigenvalue weighted by Gasteiger charge is -2.18. The second-order valence-corrected chi connectivity index (χ2v) is 6.92. The van der Waals surface area contributed by atoms with Gasteiger partial charge in [-0.3, -0.25) is 9.69 Å². The zero-order valence-corrected chi connectivity index (χ0v) is 16.1. The summed E-state index contributed by atoms with van der Waals surface area (Å²) in [5.41, 5.74) is 5.14. The summed E-state index contributed by atoms with van der Waals surface area (Å²) < 4.78 is 5.45. The first-order valence-corrected chi connectivity index (χ1v) is 8.91. The van der Waals surface area contributed by atoms with Crippen molar-refractivity contribution in [2.24, 2.45) is 0 Å². The van der Waals surface area contributed by atoms with Crippen molar-refractivity contribution >= 4 is 16.9 Å². The van der Waals surface area contributed by atoms with Gasteiger partial charge in [0, 0.05) is 37.2 Å². The number of carbonyl (C=O) groups excluding carboxylic acids is 1. The molecule has 0 saturated heterocycles. The largest absolute Gasteiger partial charge is 0.422 e. The first-order valence-electron chi connectivity index (χ1n) is 8.91. The van der Waals surface area contributed by atoms with Gasteiger partial charge >= 0.3 is 5.63 Å². The summed E-state index contributed by atoms with van der Waals surface area (Å²) >= 11 is 0. The van der Waals surface area contributed by atoms with Gasteiger partial charge in [-0.2, -0.15) is 0 Å². The molecular formula is C22H24N2O3. The number of carbonyl (C=O) groups is 1. The van der Waals surface area contributed by atoms with Crippen molar-refractivity contribution in [1.82, 2.24) is 10.2 Å². The third kappa shape index (κ3) is 4.09. The number of aryl methyl sites for hydroxylation is 2. The van der Waals surface area contributed by atoms with E-state index in [1.165, 1.54) is 0 Å². The Labute approximate surface area is 158 Å².